The average Bonchev–Trinajstić information content (AvgIpc) is 2.62. The lowest BCUT2D eigenvalue weighted by Gasteiger charge is -2.38. The molecule has 4 rings (SSSR count). The van der Waals surface area contributed by atoms with Crippen molar-refractivity contribution in [1.82, 2.24) is 10.2 Å². The van der Waals surface area contributed by atoms with Crippen molar-refractivity contribution in [1.29, 1.82) is 0 Å². The van der Waals surface area contributed by atoms with Crippen molar-refractivity contribution in [2.24, 2.45) is 0 Å². The van der Waals surface area contributed by atoms with E-state index in [0.29, 0.717) is 6.04 Å². The summed E-state index contributed by atoms with van der Waals surface area (Å²) in [6.07, 6.45) is 3.32. The van der Waals surface area contributed by atoms with Crippen LogP contribution in [0.5, 0.6) is 0 Å². The summed E-state index contributed by atoms with van der Waals surface area (Å²) in [5.74, 6) is -0.120. The van der Waals surface area contributed by atoms with Crippen LogP contribution in [0, 0.1) is 5.82 Å². The van der Waals surface area contributed by atoms with Gasteiger partial charge >= 0.3 is 0 Å². The average molecular weight is 310 g/mol. The Kier molecular flexibility index (Phi) is 4.15. The summed E-state index contributed by atoms with van der Waals surface area (Å²) in [5, 5.41) is 3.43. The Labute approximate surface area is 137 Å². The molecule has 0 aromatic heterocycles. The van der Waals surface area contributed by atoms with Gasteiger partial charge in [-0.3, -0.25) is 4.90 Å². The van der Waals surface area contributed by atoms with Crippen LogP contribution in [-0.2, 0) is 12.8 Å². The van der Waals surface area contributed by atoms with Gasteiger partial charge in [0, 0.05) is 37.8 Å². The number of piperazine rings is 1. The summed E-state index contributed by atoms with van der Waals surface area (Å²) in [4.78, 5) is 2.62. The van der Waals surface area contributed by atoms with E-state index in [1.807, 2.05) is 12.1 Å². The number of nitrogens with zero attached hydrogens (tertiary/aromatic N) is 1. The lowest BCUT2D eigenvalue weighted by molar-refractivity contribution is 0.159. The van der Waals surface area contributed by atoms with Gasteiger partial charge in [0.05, 0.1) is 0 Å². The molecule has 1 aliphatic carbocycles. The molecule has 23 heavy (non-hydrogen) atoms. The molecule has 2 nitrogen and oxygen atoms in total. The molecule has 1 heterocycles. The van der Waals surface area contributed by atoms with Crippen molar-refractivity contribution in [3.05, 3.63) is 59.4 Å². The minimum Gasteiger partial charge on any atom is -0.314 e. The third-order valence-corrected chi connectivity index (χ3v) is 5.29. The largest absolute Gasteiger partial charge is 0.314 e. The Morgan fingerprint density at radius 2 is 1.74 bits per heavy atom. The third-order valence-electron chi connectivity index (χ3n) is 5.29. The highest BCUT2D eigenvalue weighted by atomic mass is 19.1. The summed E-state index contributed by atoms with van der Waals surface area (Å²) in [6.45, 7) is 4.48. The van der Waals surface area contributed by atoms with Crippen LogP contribution in [0.1, 0.15) is 17.5 Å². The SMILES string of the molecule is Fc1ccccc1-c1cccc2c1CC[C@H](N1CCNCC1)C2. The van der Waals surface area contributed by atoms with Gasteiger partial charge in [-0.2, -0.15) is 0 Å². The Morgan fingerprint density at radius 3 is 2.57 bits per heavy atom. The summed E-state index contributed by atoms with van der Waals surface area (Å²) in [7, 11) is 0. The topological polar surface area (TPSA) is 15.3 Å². The smallest absolute Gasteiger partial charge is 0.131 e. The maximum atomic E-state index is 14.2. The van der Waals surface area contributed by atoms with Crippen molar-refractivity contribution in [3.63, 3.8) is 0 Å². The normalized spacial score (nSPS) is 21.9. The second-order valence-electron chi connectivity index (χ2n) is 6.61. The van der Waals surface area contributed by atoms with Gasteiger partial charge in [0.15, 0.2) is 0 Å². The molecule has 120 valence electrons. The molecule has 1 atom stereocenters. The lowest BCUT2D eigenvalue weighted by Crippen LogP contribution is -2.50. The maximum Gasteiger partial charge on any atom is 0.131 e. The molecule has 0 saturated carbocycles. The predicted octanol–water partition coefficient (Wildman–Crippen LogP) is 3.26. The highest BCUT2D eigenvalue weighted by molar-refractivity contribution is 5.69. The van der Waals surface area contributed by atoms with Crippen LogP contribution in [0.2, 0.25) is 0 Å². The van der Waals surface area contributed by atoms with Crippen molar-refractivity contribution in [2.45, 2.75) is 25.3 Å². The van der Waals surface area contributed by atoms with Crippen molar-refractivity contribution in [3.8, 4) is 11.1 Å². The van der Waals surface area contributed by atoms with Crippen LogP contribution in [-0.4, -0.2) is 37.1 Å². The van der Waals surface area contributed by atoms with E-state index in [9.17, 15) is 4.39 Å². The molecule has 0 spiro atoms. The molecule has 2 aliphatic rings. The molecule has 3 heteroatoms. The first-order valence-corrected chi connectivity index (χ1v) is 8.63. The second kappa shape index (κ2) is 6.42. The Balaban J connectivity index is 1.64. The molecule has 2 aromatic carbocycles. The zero-order valence-corrected chi connectivity index (χ0v) is 13.4. The molecular formula is C20H23FN2. The molecule has 0 radical (unpaired) electrons. The molecule has 2 aromatic rings. The van der Waals surface area contributed by atoms with Crippen LogP contribution >= 0.6 is 0 Å². The number of hydrogen-bond donors (Lipinski definition) is 1. The maximum absolute atomic E-state index is 14.2. The van der Waals surface area contributed by atoms with E-state index in [0.717, 1.165) is 50.1 Å². The first kappa shape index (κ1) is 14.9. The summed E-state index contributed by atoms with van der Waals surface area (Å²) in [5.41, 5.74) is 4.58. The van der Waals surface area contributed by atoms with Crippen molar-refractivity contribution < 1.29 is 4.39 Å². The molecule has 1 fully saturated rings. The Bertz CT molecular complexity index is 692. The van der Waals surface area contributed by atoms with Gasteiger partial charge in [-0.15, -0.1) is 0 Å². The molecule has 0 unspecified atom stereocenters. The van der Waals surface area contributed by atoms with Crippen LogP contribution in [0.3, 0.4) is 0 Å². The predicted molar refractivity (Wildman–Crippen MR) is 92.1 cm³/mol. The summed E-state index contributed by atoms with van der Waals surface area (Å²) < 4.78 is 14.2. The zero-order chi connectivity index (χ0) is 15.6. The number of hydrogen-bond acceptors (Lipinski definition) is 2. The fraction of sp³-hybridized carbons (Fsp3) is 0.400. The van der Waals surface area contributed by atoms with Crippen LogP contribution in [0.25, 0.3) is 11.1 Å². The van der Waals surface area contributed by atoms with Crippen LogP contribution < -0.4 is 5.32 Å². The van der Waals surface area contributed by atoms with Crippen molar-refractivity contribution in [2.75, 3.05) is 26.2 Å². The third kappa shape index (κ3) is 2.91. The van der Waals surface area contributed by atoms with E-state index >= 15 is 0 Å². The lowest BCUT2D eigenvalue weighted by atomic mass is 9.83. The van der Waals surface area contributed by atoms with Gasteiger partial charge in [0.2, 0.25) is 0 Å². The Hall–Kier alpha value is -1.71. The van der Waals surface area contributed by atoms with E-state index < -0.39 is 0 Å². The van der Waals surface area contributed by atoms with Crippen molar-refractivity contribution >= 4 is 0 Å². The van der Waals surface area contributed by atoms with E-state index in [4.69, 9.17) is 0 Å². The molecule has 1 aliphatic heterocycles. The Morgan fingerprint density at radius 1 is 0.957 bits per heavy atom. The molecule has 1 saturated heterocycles. The van der Waals surface area contributed by atoms with E-state index in [1.54, 1.807) is 12.1 Å². The van der Waals surface area contributed by atoms with Gasteiger partial charge in [-0.1, -0.05) is 36.4 Å². The second-order valence-corrected chi connectivity index (χ2v) is 6.61. The van der Waals surface area contributed by atoms with Gasteiger partial charge < -0.3 is 5.32 Å². The number of fused-ring (bicyclic) bond motifs is 1. The van der Waals surface area contributed by atoms with Gasteiger partial charge in [-0.05, 0) is 42.0 Å². The van der Waals surface area contributed by atoms with E-state index in [-0.39, 0.29) is 5.82 Å². The number of nitrogens with one attached hydrogen (secondary N) is 1. The molecule has 0 amide bonds. The standard InChI is InChI=1S/C20H23FN2/c21-20-7-2-1-5-19(20)18-6-3-4-15-14-16(8-9-17(15)18)23-12-10-22-11-13-23/h1-7,16,22H,8-14H2/t16-/m0/s1. The summed E-state index contributed by atoms with van der Waals surface area (Å²) in [6, 6.07) is 14.2. The molecule has 1 N–H and O–H groups in total. The number of halogens is 1. The van der Waals surface area contributed by atoms with Gasteiger partial charge in [0.25, 0.3) is 0 Å². The number of rotatable bonds is 2. The minimum atomic E-state index is -0.120. The quantitative estimate of drug-likeness (QED) is 0.916. The monoisotopic (exact) mass is 310 g/mol. The van der Waals surface area contributed by atoms with Crippen LogP contribution in [0.4, 0.5) is 4.39 Å². The van der Waals surface area contributed by atoms with E-state index in [2.05, 4.69) is 28.4 Å². The molecule has 0 bridgehead atoms. The summed E-state index contributed by atoms with van der Waals surface area (Å²) >= 11 is 0. The number of benzene rings is 2. The van der Waals surface area contributed by atoms with E-state index in [1.165, 1.54) is 17.5 Å². The highest BCUT2D eigenvalue weighted by Crippen LogP contribution is 2.34. The molecular weight excluding hydrogens is 287 g/mol. The van der Waals surface area contributed by atoms with Gasteiger partial charge in [0.1, 0.15) is 5.82 Å². The first-order chi connectivity index (χ1) is 11.3. The highest BCUT2D eigenvalue weighted by Gasteiger charge is 2.26. The fourth-order valence-electron chi connectivity index (χ4n) is 4.08. The first-order valence-electron chi connectivity index (χ1n) is 8.63. The zero-order valence-electron chi connectivity index (χ0n) is 13.4. The van der Waals surface area contributed by atoms with Gasteiger partial charge in [-0.25, -0.2) is 4.39 Å². The minimum absolute atomic E-state index is 0.120. The fourth-order valence-corrected chi connectivity index (χ4v) is 4.08. The van der Waals surface area contributed by atoms with Crippen LogP contribution in [0.15, 0.2) is 42.5 Å².